The van der Waals surface area contributed by atoms with Crippen LogP contribution in [0.5, 0.6) is 0 Å². The molecule has 0 heterocycles. The van der Waals surface area contributed by atoms with Crippen LogP contribution < -0.4 is 5.32 Å². The summed E-state index contributed by atoms with van der Waals surface area (Å²) in [5, 5.41) is 3.28. The smallest absolute Gasteiger partial charge is 0.0469 e. The molecule has 0 bridgehead atoms. The average molecular weight is 238 g/mol. The molecule has 1 N–H and O–H groups in total. The largest absolute Gasteiger partial charge is 0.318 e. The number of nitrogens with zero attached hydrogens (tertiary/aromatic N) is 1. The van der Waals surface area contributed by atoms with E-state index in [0.29, 0.717) is 6.04 Å². The van der Waals surface area contributed by atoms with Crippen molar-refractivity contribution in [3.05, 3.63) is 35.9 Å². The molecule has 90 valence electrons. The second-order valence-electron chi connectivity index (χ2n) is 3.96. The van der Waals surface area contributed by atoms with Crippen molar-refractivity contribution in [3.8, 4) is 0 Å². The van der Waals surface area contributed by atoms with Crippen LogP contribution in [0.4, 0.5) is 0 Å². The van der Waals surface area contributed by atoms with Gasteiger partial charge in [-0.1, -0.05) is 30.3 Å². The predicted octanol–water partition coefficient (Wildman–Crippen LogP) is 2.24. The fourth-order valence-electron chi connectivity index (χ4n) is 1.79. The third-order valence-electron chi connectivity index (χ3n) is 2.76. The van der Waals surface area contributed by atoms with Gasteiger partial charge in [-0.2, -0.15) is 11.8 Å². The predicted molar refractivity (Wildman–Crippen MR) is 74.1 cm³/mol. The van der Waals surface area contributed by atoms with Crippen molar-refractivity contribution < 1.29 is 0 Å². The molecule has 0 saturated heterocycles. The summed E-state index contributed by atoms with van der Waals surface area (Å²) in [6.07, 6.45) is 2.16. The molecule has 0 saturated carbocycles. The quantitative estimate of drug-likeness (QED) is 0.784. The summed E-state index contributed by atoms with van der Waals surface area (Å²) in [6.45, 7) is 2.12. The van der Waals surface area contributed by atoms with E-state index in [9.17, 15) is 0 Å². The Morgan fingerprint density at radius 3 is 2.56 bits per heavy atom. The van der Waals surface area contributed by atoms with Gasteiger partial charge in [0.2, 0.25) is 0 Å². The van der Waals surface area contributed by atoms with Crippen molar-refractivity contribution in [2.75, 3.05) is 39.2 Å². The summed E-state index contributed by atoms with van der Waals surface area (Å²) >= 11 is 1.90. The summed E-state index contributed by atoms with van der Waals surface area (Å²) in [5.74, 6) is 1.18. The molecule has 1 aromatic carbocycles. The Bertz CT molecular complexity index is 277. The molecule has 0 aliphatic carbocycles. The second kappa shape index (κ2) is 7.71. The molecule has 0 amide bonds. The van der Waals surface area contributed by atoms with Crippen molar-refractivity contribution >= 4 is 11.8 Å². The van der Waals surface area contributed by atoms with E-state index in [1.54, 1.807) is 0 Å². The molecular formula is C13H22N2S. The van der Waals surface area contributed by atoms with E-state index in [1.807, 2.05) is 18.8 Å². The van der Waals surface area contributed by atoms with Gasteiger partial charge in [0.05, 0.1) is 0 Å². The molecule has 1 rings (SSSR count). The number of benzene rings is 1. The SMILES string of the molecule is CNCC(c1ccccc1)N(C)CCSC. The lowest BCUT2D eigenvalue weighted by Crippen LogP contribution is -2.33. The molecule has 0 spiro atoms. The lowest BCUT2D eigenvalue weighted by Gasteiger charge is -2.28. The Hall–Kier alpha value is -0.510. The van der Waals surface area contributed by atoms with Crippen LogP contribution >= 0.6 is 11.8 Å². The van der Waals surface area contributed by atoms with Gasteiger partial charge in [-0.25, -0.2) is 0 Å². The molecule has 16 heavy (non-hydrogen) atoms. The minimum atomic E-state index is 0.471. The highest BCUT2D eigenvalue weighted by Crippen LogP contribution is 2.18. The molecule has 2 nitrogen and oxygen atoms in total. The van der Waals surface area contributed by atoms with Gasteiger partial charge in [-0.3, -0.25) is 4.90 Å². The van der Waals surface area contributed by atoms with Crippen molar-refractivity contribution in [1.82, 2.24) is 10.2 Å². The average Bonchev–Trinajstić information content (AvgIpc) is 2.34. The van der Waals surface area contributed by atoms with Crippen molar-refractivity contribution in [1.29, 1.82) is 0 Å². The molecule has 3 heteroatoms. The van der Waals surface area contributed by atoms with Gasteiger partial charge in [0.15, 0.2) is 0 Å². The summed E-state index contributed by atoms with van der Waals surface area (Å²) in [7, 11) is 4.21. The zero-order valence-corrected chi connectivity index (χ0v) is 11.3. The third-order valence-corrected chi connectivity index (χ3v) is 3.35. The van der Waals surface area contributed by atoms with Gasteiger partial charge in [0.1, 0.15) is 0 Å². The standard InChI is InChI=1S/C13H22N2S/c1-14-11-13(15(2)9-10-16-3)12-7-5-4-6-8-12/h4-8,13-14H,9-11H2,1-3H3. The van der Waals surface area contributed by atoms with Crippen molar-refractivity contribution in [2.45, 2.75) is 6.04 Å². The topological polar surface area (TPSA) is 15.3 Å². The lowest BCUT2D eigenvalue weighted by atomic mass is 10.1. The van der Waals surface area contributed by atoms with Gasteiger partial charge < -0.3 is 5.32 Å². The summed E-state index contributed by atoms with van der Waals surface area (Å²) in [5.41, 5.74) is 1.39. The molecule has 1 atom stereocenters. The Balaban J connectivity index is 2.66. The molecule has 0 aliphatic rings. The summed E-state index contributed by atoms with van der Waals surface area (Å²) in [6, 6.07) is 11.2. The van der Waals surface area contributed by atoms with E-state index < -0.39 is 0 Å². The Morgan fingerprint density at radius 1 is 1.31 bits per heavy atom. The van der Waals surface area contributed by atoms with E-state index in [1.165, 1.54) is 11.3 Å². The maximum Gasteiger partial charge on any atom is 0.0469 e. The first-order valence-corrected chi connectivity index (χ1v) is 7.07. The molecule has 0 aliphatic heterocycles. The first kappa shape index (κ1) is 13.6. The molecular weight excluding hydrogens is 216 g/mol. The fraction of sp³-hybridized carbons (Fsp3) is 0.538. The van der Waals surface area contributed by atoms with E-state index in [2.05, 4.69) is 53.9 Å². The number of nitrogens with one attached hydrogen (secondary N) is 1. The molecule has 1 unspecified atom stereocenters. The second-order valence-corrected chi connectivity index (χ2v) is 4.94. The number of hydrogen-bond donors (Lipinski definition) is 1. The fourth-order valence-corrected chi connectivity index (χ4v) is 2.26. The van der Waals surface area contributed by atoms with E-state index in [0.717, 1.165) is 13.1 Å². The first-order valence-electron chi connectivity index (χ1n) is 5.68. The number of likely N-dealkylation sites (N-methyl/N-ethyl adjacent to an activating group) is 2. The van der Waals surface area contributed by atoms with Crippen molar-refractivity contribution in [2.24, 2.45) is 0 Å². The summed E-state index contributed by atoms with van der Waals surface area (Å²) < 4.78 is 0. The zero-order valence-electron chi connectivity index (χ0n) is 10.4. The summed E-state index contributed by atoms with van der Waals surface area (Å²) in [4.78, 5) is 2.42. The van der Waals surface area contributed by atoms with Crippen LogP contribution in [0.2, 0.25) is 0 Å². The van der Waals surface area contributed by atoms with Crippen LogP contribution in [-0.4, -0.2) is 44.1 Å². The molecule has 0 fully saturated rings. The lowest BCUT2D eigenvalue weighted by molar-refractivity contribution is 0.256. The maximum absolute atomic E-state index is 3.28. The third kappa shape index (κ3) is 4.16. The molecule has 0 radical (unpaired) electrons. The highest BCUT2D eigenvalue weighted by molar-refractivity contribution is 7.98. The Kier molecular flexibility index (Phi) is 6.53. The van der Waals surface area contributed by atoms with Gasteiger partial charge in [-0.15, -0.1) is 0 Å². The van der Waals surface area contributed by atoms with Gasteiger partial charge in [0.25, 0.3) is 0 Å². The zero-order chi connectivity index (χ0) is 11.8. The Morgan fingerprint density at radius 2 is 2.00 bits per heavy atom. The van der Waals surface area contributed by atoms with Crippen LogP contribution in [0, 0.1) is 0 Å². The maximum atomic E-state index is 3.28. The van der Waals surface area contributed by atoms with Crippen LogP contribution in [-0.2, 0) is 0 Å². The highest BCUT2D eigenvalue weighted by Gasteiger charge is 2.15. The number of rotatable bonds is 7. The van der Waals surface area contributed by atoms with E-state index >= 15 is 0 Å². The number of thioether (sulfide) groups is 1. The van der Waals surface area contributed by atoms with E-state index in [-0.39, 0.29) is 0 Å². The minimum absolute atomic E-state index is 0.471. The molecule has 1 aromatic rings. The number of hydrogen-bond acceptors (Lipinski definition) is 3. The van der Waals surface area contributed by atoms with Crippen LogP contribution in [0.15, 0.2) is 30.3 Å². The van der Waals surface area contributed by atoms with Crippen LogP contribution in [0.1, 0.15) is 11.6 Å². The van der Waals surface area contributed by atoms with E-state index in [4.69, 9.17) is 0 Å². The van der Waals surface area contributed by atoms with Crippen LogP contribution in [0.3, 0.4) is 0 Å². The minimum Gasteiger partial charge on any atom is -0.318 e. The Labute approximate surface area is 103 Å². The highest BCUT2D eigenvalue weighted by atomic mass is 32.2. The van der Waals surface area contributed by atoms with Gasteiger partial charge in [-0.05, 0) is 25.9 Å². The monoisotopic (exact) mass is 238 g/mol. The normalized spacial score (nSPS) is 13.0. The van der Waals surface area contributed by atoms with Crippen LogP contribution in [0.25, 0.3) is 0 Å². The van der Waals surface area contributed by atoms with Gasteiger partial charge >= 0.3 is 0 Å². The van der Waals surface area contributed by atoms with Gasteiger partial charge in [0, 0.05) is 24.9 Å². The van der Waals surface area contributed by atoms with Crippen molar-refractivity contribution in [3.63, 3.8) is 0 Å². The molecule has 0 aromatic heterocycles. The first-order chi connectivity index (χ1) is 7.79.